The molecule has 0 radical (unpaired) electrons. The van der Waals surface area contributed by atoms with Crippen molar-refractivity contribution in [1.82, 2.24) is 14.9 Å². The average Bonchev–Trinajstić information content (AvgIpc) is 3.07. The topological polar surface area (TPSA) is 62.2 Å². The first-order chi connectivity index (χ1) is 13.2. The summed E-state index contributed by atoms with van der Waals surface area (Å²) in [6, 6.07) is 11.4. The molecule has 2 aromatic heterocycles. The molecule has 0 aliphatic carbocycles. The van der Waals surface area contributed by atoms with Crippen LogP contribution in [0.25, 0.3) is 10.9 Å². The van der Waals surface area contributed by atoms with Crippen LogP contribution >= 0.6 is 11.6 Å². The monoisotopic (exact) mass is 383 g/mol. The number of hydrogen-bond donors (Lipinski definition) is 2. The zero-order chi connectivity index (χ0) is 18.8. The minimum atomic E-state index is -0.152. The molecular weight excluding hydrogens is 362 g/mol. The molecule has 0 bridgehead atoms. The second-order valence-electron chi connectivity index (χ2n) is 6.57. The lowest BCUT2D eigenvalue weighted by Gasteiger charge is -2.28. The van der Waals surface area contributed by atoms with Crippen molar-refractivity contribution < 1.29 is 4.79 Å². The van der Waals surface area contributed by atoms with E-state index in [0.29, 0.717) is 22.9 Å². The van der Waals surface area contributed by atoms with Crippen molar-refractivity contribution in [2.45, 2.75) is 13.5 Å². The van der Waals surface area contributed by atoms with Crippen molar-refractivity contribution >= 4 is 39.9 Å². The Morgan fingerprint density at radius 2 is 2.04 bits per heavy atom. The molecule has 1 saturated heterocycles. The summed E-state index contributed by atoms with van der Waals surface area (Å²) in [5.41, 5.74) is 2.30. The zero-order valence-electron chi connectivity index (χ0n) is 15.2. The zero-order valence-corrected chi connectivity index (χ0v) is 16.0. The molecule has 1 aliphatic heterocycles. The van der Waals surface area contributed by atoms with E-state index < -0.39 is 0 Å². The summed E-state index contributed by atoms with van der Waals surface area (Å²) < 4.78 is 1.99. The van der Waals surface area contributed by atoms with Crippen LogP contribution in [-0.2, 0) is 6.54 Å². The van der Waals surface area contributed by atoms with Crippen LogP contribution in [0.5, 0.6) is 0 Å². The largest absolute Gasteiger partial charge is 0.354 e. The number of amides is 1. The quantitative estimate of drug-likeness (QED) is 0.725. The Hall–Kier alpha value is -2.57. The SMILES string of the molecule is CCn1c(C(=O)Nc2ccc(N3CCNCC3)nc2)cc2cc(Cl)ccc21. The van der Waals surface area contributed by atoms with Crippen LogP contribution < -0.4 is 15.5 Å². The minimum Gasteiger partial charge on any atom is -0.354 e. The summed E-state index contributed by atoms with van der Waals surface area (Å²) in [7, 11) is 0. The maximum Gasteiger partial charge on any atom is 0.272 e. The molecule has 140 valence electrons. The molecule has 7 heteroatoms. The lowest BCUT2D eigenvalue weighted by atomic mass is 10.2. The highest BCUT2D eigenvalue weighted by Gasteiger charge is 2.16. The van der Waals surface area contributed by atoms with Crippen molar-refractivity contribution in [2.24, 2.45) is 0 Å². The van der Waals surface area contributed by atoms with E-state index in [1.807, 2.05) is 47.9 Å². The molecule has 0 atom stereocenters. The molecule has 27 heavy (non-hydrogen) atoms. The molecule has 3 aromatic rings. The Labute approximate surface area is 163 Å². The second kappa shape index (κ2) is 7.58. The number of rotatable bonds is 4. The summed E-state index contributed by atoms with van der Waals surface area (Å²) >= 11 is 6.09. The number of carbonyl (C=O) groups excluding carboxylic acids is 1. The van der Waals surface area contributed by atoms with Gasteiger partial charge in [0.15, 0.2) is 0 Å². The van der Waals surface area contributed by atoms with E-state index in [1.165, 1.54) is 0 Å². The van der Waals surface area contributed by atoms with Crippen LogP contribution in [0.4, 0.5) is 11.5 Å². The number of benzene rings is 1. The second-order valence-corrected chi connectivity index (χ2v) is 7.01. The van der Waals surface area contributed by atoms with E-state index in [4.69, 9.17) is 11.6 Å². The predicted octanol–water partition coefficient (Wildman–Crippen LogP) is 3.37. The van der Waals surface area contributed by atoms with Crippen LogP contribution in [0.15, 0.2) is 42.6 Å². The Morgan fingerprint density at radius 3 is 2.74 bits per heavy atom. The van der Waals surface area contributed by atoms with E-state index >= 15 is 0 Å². The lowest BCUT2D eigenvalue weighted by molar-refractivity contribution is 0.101. The van der Waals surface area contributed by atoms with Crippen molar-refractivity contribution in [3.63, 3.8) is 0 Å². The Balaban J connectivity index is 1.54. The Kier molecular flexibility index (Phi) is 5.01. The van der Waals surface area contributed by atoms with Gasteiger partial charge in [0.05, 0.1) is 11.9 Å². The van der Waals surface area contributed by atoms with Gasteiger partial charge < -0.3 is 20.1 Å². The number of fused-ring (bicyclic) bond motifs is 1. The number of piperazine rings is 1. The first-order valence-electron chi connectivity index (χ1n) is 9.17. The number of nitrogens with one attached hydrogen (secondary N) is 2. The Morgan fingerprint density at radius 1 is 1.22 bits per heavy atom. The van der Waals surface area contributed by atoms with Gasteiger partial charge in [-0.05, 0) is 43.3 Å². The third-order valence-electron chi connectivity index (χ3n) is 4.86. The molecule has 0 saturated carbocycles. The molecule has 4 rings (SSSR count). The van der Waals surface area contributed by atoms with Gasteiger partial charge in [-0.2, -0.15) is 0 Å². The number of nitrogens with zero attached hydrogens (tertiary/aromatic N) is 3. The fraction of sp³-hybridized carbons (Fsp3) is 0.300. The normalized spacial score (nSPS) is 14.5. The smallest absolute Gasteiger partial charge is 0.272 e. The Bertz CT molecular complexity index is 960. The van der Waals surface area contributed by atoms with E-state index in [0.717, 1.165) is 42.9 Å². The summed E-state index contributed by atoms with van der Waals surface area (Å²) in [5.74, 6) is 0.785. The van der Waals surface area contributed by atoms with Crippen LogP contribution in [0.1, 0.15) is 17.4 Å². The molecule has 0 unspecified atom stereocenters. The maximum absolute atomic E-state index is 12.8. The van der Waals surface area contributed by atoms with Gasteiger partial charge in [0, 0.05) is 48.6 Å². The van der Waals surface area contributed by atoms with Gasteiger partial charge in [-0.25, -0.2) is 4.98 Å². The van der Waals surface area contributed by atoms with Crippen LogP contribution in [-0.4, -0.2) is 41.6 Å². The number of aromatic nitrogens is 2. The molecule has 1 aromatic carbocycles. The number of pyridine rings is 1. The maximum atomic E-state index is 12.8. The van der Waals surface area contributed by atoms with Gasteiger partial charge in [-0.3, -0.25) is 4.79 Å². The van der Waals surface area contributed by atoms with E-state index in [-0.39, 0.29) is 5.91 Å². The highest BCUT2D eigenvalue weighted by molar-refractivity contribution is 6.31. The summed E-state index contributed by atoms with van der Waals surface area (Å²) in [6.45, 7) is 6.54. The highest BCUT2D eigenvalue weighted by atomic mass is 35.5. The average molecular weight is 384 g/mol. The standard InChI is InChI=1S/C20H22ClN5O/c1-2-26-17-5-3-15(21)11-14(17)12-18(26)20(27)24-16-4-6-19(23-13-16)25-9-7-22-8-10-25/h3-6,11-13,22H,2,7-10H2,1H3,(H,24,27). The van der Waals surface area contributed by atoms with Gasteiger partial charge in [-0.15, -0.1) is 0 Å². The first kappa shape index (κ1) is 17.8. The number of hydrogen-bond acceptors (Lipinski definition) is 4. The van der Waals surface area contributed by atoms with Gasteiger partial charge in [0.25, 0.3) is 5.91 Å². The van der Waals surface area contributed by atoms with Gasteiger partial charge in [0.1, 0.15) is 11.5 Å². The van der Waals surface area contributed by atoms with Gasteiger partial charge >= 0.3 is 0 Å². The molecule has 3 heterocycles. The number of halogens is 1. The third kappa shape index (κ3) is 3.63. The lowest BCUT2D eigenvalue weighted by Crippen LogP contribution is -2.43. The van der Waals surface area contributed by atoms with E-state index in [9.17, 15) is 4.79 Å². The van der Waals surface area contributed by atoms with Gasteiger partial charge in [-0.1, -0.05) is 11.6 Å². The van der Waals surface area contributed by atoms with Crippen molar-refractivity contribution in [2.75, 3.05) is 36.4 Å². The van der Waals surface area contributed by atoms with Crippen molar-refractivity contribution in [1.29, 1.82) is 0 Å². The van der Waals surface area contributed by atoms with Crippen LogP contribution in [0, 0.1) is 0 Å². The minimum absolute atomic E-state index is 0.152. The van der Waals surface area contributed by atoms with Crippen molar-refractivity contribution in [3.8, 4) is 0 Å². The summed E-state index contributed by atoms with van der Waals surface area (Å²) in [4.78, 5) is 19.6. The molecular formula is C20H22ClN5O. The third-order valence-corrected chi connectivity index (χ3v) is 5.09. The number of carbonyl (C=O) groups is 1. The van der Waals surface area contributed by atoms with Crippen LogP contribution in [0.2, 0.25) is 5.02 Å². The van der Waals surface area contributed by atoms with E-state index in [2.05, 4.69) is 20.5 Å². The van der Waals surface area contributed by atoms with Crippen LogP contribution in [0.3, 0.4) is 0 Å². The number of aryl methyl sites for hydroxylation is 1. The first-order valence-corrected chi connectivity index (χ1v) is 9.55. The molecule has 0 spiro atoms. The molecule has 1 aliphatic rings. The summed E-state index contributed by atoms with van der Waals surface area (Å²) in [5, 5.41) is 7.90. The van der Waals surface area contributed by atoms with Gasteiger partial charge in [0.2, 0.25) is 0 Å². The summed E-state index contributed by atoms with van der Waals surface area (Å²) in [6.07, 6.45) is 1.71. The fourth-order valence-electron chi connectivity index (χ4n) is 3.51. The number of anilines is 2. The molecule has 6 nitrogen and oxygen atoms in total. The fourth-order valence-corrected chi connectivity index (χ4v) is 3.69. The highest BCUT2D eigenvalue weighted by Crippen LogP contribution is 2.24. The predicted molar refractivity (Wildman–Crippen MR) is 110 cm³/mol. The van der Waals surface area contributed by atoms with Crippen molar-refractivity contribution in [3.05, 3.63) is 53.3 Å². The molecule has 1 fully saturated rings. The molecule has 2 N–H and O–H groups in total. The van der Waals surface area contributed by atoms with E-state index in [1.54, 1.807) is 6.20 Å². The molecule has 1 amide bonds.